The molecule has 0 radical (unpaired) electrons. The van der Waals surface area contributed by atoms with Crippen LogP contribution in [0.3, 0.4) is 0 Å². The van der Waals surface area contributed by atoms with E-state index < -0.39 is 0 Å². The van der Waals surface area contributed by atoms with Crippen molar-refractivity contribution in [1.29, 1.82) is 0 Å². The third-order valence-electron chi connectivity index (χ3n) is 5.62. The number of aryl methyl sites for hydroxylation is 1. The van der Waals surface area contributed by atoms with Crippen LogP contribution in [0.15, 0.2) is 42.5 Å². The molecule has 1 aliphatic rings. The van der Waals surface area contributed by atoms with E-state index in [-0.39, 0.29) is 5.82 Å². The van der Waals surface area contributed by atoms with Crippen molar-refractivity contribution in [3.63, 3.8) is 0 Å². The molecule has 0 aliphatic carbocycles. The van der Waals surface area contributed by atoms with Crippen LogP contribution in [0.4, 0.5) is 10.3 Å². The number of aromatic nitrogens is 2. The zero-order valence-corrected chi connectivity index (χ0v) is 17.0. The first-order valence-electron chi connectivity index (χ1n) is 10.2. The molecule has 5 nitrogen and oxygen atoms in total. The molecular weight excluding hydrogens is 367 g/mol. The van der Waals surface area contributed by atoms with E-state index in [4.69, 9.17) is 9.72 Å². The van der Waals surface area contributed by atoms with E-state index >= 15 is 0 Å². The molecule has 29 heavy (non-hydrogen) atoms. The highest BCUT2D eigenvalue weighted by atomic mass is 19.1. The molecule has 1 unspecified atom stereocenters. The Hall–Kier alpha value is -2.73. The van der Waals surface area contributed by atoms with Crippen LogP contribution >= 0.6 is 0 Å². The Morgan fingerprint density at radius 1 is 1.14 bits per heavy atom. The summed E-state index contributed by atoms with van der Waals surface area (Å²) in [6.45, 7) is 4.54. The van der Waals surface area contributed by atoms with Gasteiger partial charge in [-0.1, -0.05) is 18.2 Å². The van der Waals surface area contributed by atoms with Gasteiger partial charge in [-0.3, -0.25) is 0 Å². The summed E-state index contributed by atoms with van der Waals surface area (Å²) in [7, 11) is 1.71. The average Bonchev–Trinajstić information content (AvgIpc) is 2.98. The van der Waals surface area contributed by atoms with Gasteiger partial charge < -0.3 is 15.0 Å². The fraction of sp³-hybridized carbons (Fsp3) is 0.391. The van der Waals surface area contributed by atoms with Crippen LogP contribution < -0.4 is 15.0 Å². The van der Waals surface area contributed by atoms with Crippen molar-refractivity contribution in [1.82, 2.24) is 15.3 Å². The van der Waals surface area contributed by atoms with E-state index in [0.717, 1.165) is 67.2 Å². The predicted molar refractivity (Wildman–Crippen MR) is 114 cm³/mol. The predicted octanol–water partition coefficient (Wildman–Crippen LogP) is 4.23. The molecular formula is C23H27FN4O. The summed E-state index contributed by atoms with van der Waals surface area (Å²) in [5.74, 6) is 1.41. The van der Waals surface area contributed by atoms with E-state index in [2.05, 4.69) is 21.3 Å². The lowest BCUT2D eigenvalue weighted by molar-refractivity contribution is 0.402. The van der Waals surface area contributed by atoms with Crippen molar-refractivity contribution < 1.29 is 9.13 Å². The number of nitrogens with zero attached hydrogens (tertiary/aromatic N) is 3. The van der Waals surface area contributed by atoms with Gasteiger partial charge in [-0.25, -0.2) is 14.4 Å². The third kappa shape index (κ3) is 4.48. The number of benzene rings is 2. The maximum Gasteiger partial charge on any atom is 0.226 e. The smallest absolute Gasteiger partial charge is 0.226 e. The topological polar surface area (TPSA) is 50.3 Å². The van der Waals surface area contributed by atoms with Crippen molar-refractivity contribution in [2.75, 3.05) is 25.1 Å². The lowest BCUT2D eigenvalue weighted by Crippen LogP contribution is -2.31. The quantitative estimate of drug-likeness (QED) is 0.702. The molecule has 1 aromatic heterocycles. The molecule has 3 aromatic rings. The van der Waals surface area contributed by atoms with Crippen LogP contribution in [0.2, 0.25) is 0 Å². The van der Waals surface area contributed by atoms with Crippen molar-refractivity contribution in [2.45, 2.75) is 38.8 Å². The van der Waals surface area contributed by atoms with Gasteiger partial charge in [0.05, 0.1) is 18.3 Å². The molecule has 4 rings (SSSR count). The maximum absolute atomic E-state index is 13.5. The Morgan fingerprint density at radius 3 is 2.86 bits per heavy atom. The van der Waals surface area contributed by atoms with Crippen molar-refractivity contribution >= 4 is 16.9 Å². The summed E-state index contributed by atoms with van der Waals surface area (Å²) in [6.07, 6.45) is 3.22. The molecule has 0 saturated carbocycles. The van der Waals surface area contributed by atoms with E-state index in [9.17, 15) is 4.39 Å². The molecule has 1 N–H and O–H groups in total. The van der Waals surface area contributed by atoms with E-state index in [1.54, 1.807) is 13.2 Å². The van der Waals surface area contributed by atoms with Crippen molar-refractivity contribution in [3.05, 3.63) is 59.5 Å². The van der Waals surface area contributed by atoms with Crippen molar-refractivity contribution in [2.24, 2.45) is 0 Å². The SMILES string of the molecule is COc1ccccc1CNC1CCCN(c2nc(C)c3cc(F)ccc3n2)CC1. The second-order valence-corrected chi connectivity index (χ2v) is 7.58. The molecule has 0 amide bonds. The summed E-state index contributed by atoms with van der Waals surface area (Å²) in [4.78, 5) is 11.6. The Balaban J connectivity index is 1.42. The maximum atomic E-state index is 13.5. The summed E-state index contributed by atoms with van der Waals surface area (Å²) >= 11 is 0. The number of methoxy groups -OCH3 is 1. The zero-order chi connectivity index (χ0) is 20.2. The minimum Gasteiger partial charge on any atom is -0.496 e. The Morgan fingerprint density at radius 2 is 2.00 bits per heavy atom. The van der Waals surface area contributed by atoms with Gasteiger partial charge in [0.15, 0.2) is 0 Å². The van der Waals surface area contributed by atoms with Gasteiger partial charge in [-0.15, -0.1) is 0 Å². The second-order valence-electron chi connectivity index (χ2n) is 7.58. The van der Waals surface area contributed by atoms with Gasteiger partial charge in [0, 0.05) is 36.6 Å². The number of hydrogen-bond acceptors (Lipinski definition) is 5. The lowest BCUT2D eigenvalue weighted by Gasteiger charge is -2.22. The number of nitrogens with one attached hydrogen (secondary N) is 1. The highest BCUT2D eigenvalue weighted by Crippen LogP contribution is 2.23. The molecule has 6 heteroatoms. The largest absolute Gasteiger partial charge is 0.496 e. The second kappa shape index (κ2) is 8.74. The Kier molecular flexibility index (Phi) is 5.90. The van der Waals surface area contributed by atoms with Gasteiger partial charge in [0.25, 0.3) is 0 Å². The van der Waals surface area contributed by atoms with Gasteiger partial charge in [0.1, 0.15) is 11.6 Å². The number of halogens is 1. The fourth-order valence-corrected chi connectivity index (χ4v) is 3.98. The Labute approximate surface area is 170 Å². The molecule has 0 spiro atoms. The number of hydrogen-bond donors (Lipinski definition) is 1. The number of rotatable bonds is 5. The first-order valence-corrected chi connectivity index (χ1v) is 10.2. The molecule has 1 saturated heterocycles. The molecule has 152 valence electrons. The number of para-hydroxylation sites is 1. The van der Waals surface area contributed by atoms with Crippen LogP contribution in [0.1, 0.15) is 30.5 Å². The third-order valence-corrected chi connectivity index (χ3v) is 5.62. The van der Waals surface area contributed by atoms with Gasteiger partial charge in [-0.2, -0.15) is 0 Å². The summed E-state index contributed by atoms with van der Waals surface area (Å²) in [5.41, 5.74) is 2.79. The molecule has 1 aliphatic heterocycles. The molecule has 0 bridgehead atoms. The van der Waals surface area contributed by atoms with E-state index in [1.165, 1.54) is 17.7 Å². The number of ether oxygens (including phenoxy) is 1. The zero-order valence-electron chi connectivity index (χ0n) is 17.0. The molecule has 2 aromatic carbocycles. The summed E-state index contributed by atoms with van der Waals surface area (Å²) in [6, 6.07) is 13.3. The van der Waals surface area contributed by atoms with Crippen LogP contribution in [-0.2, 0) is 6.54 Å². The van der Waals surface area contributed by atoms with Gasteiger partial charge >= 0.3 is 0 Å². The van der Waals surface area contributed by atoms with Gasteiger partial charge in [0.2, 0.25) is 5.95 Å². The number of fused-ring (bicyclic) bond motifs is 1. The van der Waals surface area contributed by atoms with E-state index in [0.29, 0.717) is 6.04 Å². The van der Waals surface area contributed by atoms with Crippen LogP contribution in [0, 0.1) is 12.7 Å². The standard InChI is InChI=1S/C23H27FN4O/c1-16-20-14-18(24)9-10-21(20)27-23(26-16)28-12-5-7-19(11-13-28)25-15-17-6-3-4-8-22(17)29-2/h3-4,6,8-10,14,19,25H,5,7,11-13,15H2,1-2H3. The first kappa shape index (κ1) is 19.6. The summed E-state index contributed by atoms with van der Waals surface area (Å²) in [5, 5.41) is 4.46. The first-order chi connectivity index (χ1) is 14.1. The molecule has 2 heterocycles. The van der Waals surface area contributed by atoms with Crippen LogP contribution in [-0.4, -0.2) is 36.2 Å². The highest BCUT2D eigenvalue weighted by molar-refractivity contribution is 5.81. The molecule has 1 atom stereocenters. The van der Waals surface area contributed by atoms with Crippen LogP contribution in [0.25, 0.3) is 10.9 Å². The highest BCUT2D eigenvalue weighted by Gasteiger charge is 2.20. The average molecular weight is 394 g/mol. The monoisotopic (exact) mass is 394 g/mol. The normalized spacial score (nSPS) is 17.3. The minimum atomic E-state index is -0.254. The van der Waals surface area contributed by atoms with Gasteiger partial charge in [-0.05, 0) is 50.5 Å². The number of anilines is 1. The Bertz CT molecular complexity index is 994. The lowest BCUT2D eigenvalue weighted by atomic mass is 10.1. The van der Waals surface area contributed by atoms with Crippen molar-refractivity contribution in [3.8, 4) is 5.75 Å². The fourth-order valence-electron chi connectivity index (χ4n) is 3.98. The minimum absolute atomic E-state index is 0.254. The van der Waals surface area contributed by atoms with E-state index in [1.807, 2.05) is 25.1 Å². The summed E-state index contributed by atoms with van der Waals surface area (Å²) < 4.78 is 19.0. The molecule has 1 fully saturated rings. The van der Waals surface area contributed by atoms with Crippen LogP contribution in [0.5, 0.6) is 5.75 Å².